The fraction of sp³-hybridized carbons (Fsp3) is 0.280. The summed E-state index contributed by atoms with van der Waals surface area (Å²) in [4.78, 5) is 28.5. The fourth-order valence-electron chi connectivity index (χ4n) is 4.74. The summed E-state index contributed by atoms with van der Waals surface area (Å²) in [5.41, 5.74) is 9.81. The van der Waals surface area contributed by atoms with Gasteiger partial charge in [-0.1, -0.05) is 35.3 Å². The summed E-state index contributed by atoms with van der Waals surface area (Å²) < 4.78 is 1.18. The van der Waals surface area contributed by atoms with E-state index < -0.39 is 5.69 Å². The molecule has 3 N–H and O–H groups in total. The molecule has 0 atom stereocenters. The van der Waals surface area contributed by atoms with Crippen LogP contribution < -0.4 is 16.7 Å². The van der Waals surface area contributed by atoms with Crippen LogP contribution in [0.25, 0.3) is 16.7 Å². The number of nitrogens with one attached hydrogen (secondary N) is 1. The van der Waals surface area contributed by atoms with Gasteiger partial charge in [-0.3, -0.25) is 4.90 Å². The van der Waals surface area contributed by atoms with Gasteiger partial charge in [0.1, 0.15) is 5.82 Å². The van der Waals surface area contributed by atoms with E-state index in [1.54, 1.807) is 24.4 Å². The smallest absolute Gasteiger partial charge is 0.355 e. The largest absolute Gasteiger partial charge is 0.384 e. The number of rotatable bonds is 4. The third-order valence-electron chi connectivity index (χ3n) is 6.70. The lowest BCUT2D eigenvalue weighted by Gasteiger charge is -2.18. The third-order valence-corrected chi connectivity index (χ3v) is 7.31. The number of halogens is 2. The Morgan fingerprint density at radius 2 is 1.74 bits per heavy atom. The highest BCUT2D eigenvalue weighted by atomic mass is 35.5. The summed E-state index contributed by atoms with van der Waals surface area (Å²) in [5, 5.41) is 4.25. The van der Waals surface area contributed by atoms with Gasteiger partial charge in [0.05, 0.1) is 21.1 Å². The van der Waals surface area contributed by atoms with Crippen molar-refractivity contribution >= 4 is 51.7 Å². The first-order valence-electron chi connectivity index (χ1n) is 11.6. The molecular weight excluding hydrogens is 485 g/mol. The summed E-state index contributed by atoms with van der Waals surface area (Å²) in [7, 11) is 0. The zero-order valence-electron chi connectivity index (χ0n) is 18.8. The number of benzene rings is 2. The minimum atomic E-state index is -0.625. The topological polar surface area (TPSA) is 102 Å². The number of aromatic nitrogens is 4. The molecule has 8 nitrogen and oxygen atoms in total. The number of hydrogen-bond acceptors (Lipinski definition) is 7. The molecule has 10 heteroatoms. The predicted molar refractivity (Wildman–Crippen MR) is 139 cm³/mol. The zero-order chi connectivity index (χ0) is 24.1. The molecule has 2 aliphatic rings. The highest BCUT2D eigenvalue weighted by molar-refractivity contribution is 6.37. The standard InChI is InChI=1S/C25H23Cl2N7O/c26-19-2-1-3-20(27)21(19)34-22(28)18-13-29-24(31-23(18)32-25(34)35)30-16-5-4-14-8-10-33(17-6-7-17)11-9-15(14)12-16/h1-5,12-13,17H,6-11,28H2,(H,30,31,32,35). The number of anilines is 3. The monoisotopic (exact) mass is 507 g/mol. The van der Waals surface area contributed by atoms with Crippen LogP contribution in [0.2, 0.25) is 10.0 Å². The third kappa shape index (κ3) is 4.22. The van der Waals surface area contributed by atoms with Crippen LogP contribution in [0.3, 0.4) is 0 Å². The van der Waals surface area contributed by atoms with Gasteiger partial charge in [0.25, 0.3) is 0 Å². The van der Waals surface area contributed by atoms with Gasteiger partial charge in [-0.25, -0.2) is 14.3 Å². The number of nitrogen functional groups attached to an aromatic ring is 1. The molecule has 178 valence electrons. The van der Waals surface area contributed by atoms with Gasteiger partial charge in [-0.15, -0.1) is 0 Å². The molecular formula is C25H23Cl2N7O. The first kappa shape index (κ1) is 22.3. The Morgan fingerprint density at radius 3 is 2.49 bits per heavy atom. The Morgan fingerprint density at radius 1 is 1.00 bits per heavy atom. The molecule has 2 aromatic carbocycles. The van der Waals surface area contributed by atoms with Gasteiger partial charge in [0.2, 0.25) is 5.95 Å². The van der Waals surface area contributed by atoms with E-state index in [9.17, 15) is 4.79 Å². The van der Waals surface area contributed by atoms with Crippen LogP contribution in [0.4, 0.5) is 17.5 Å². The number of fused-ring (bicyclic) bond motifs is 2. The summed E-state index contributed by atoms with van der Waals surface area (Å²) >= 11 is 12.6. The first-order chi connectivity index (χ1) is 17.0. The van der Waals surface area contributed by atoms with E-state index in [1.807, 2.05) is 6.07 Å². The van der Waals surface area contributed by atoms with Gasteiger partial charge in [0, 0.05) is 31.0 Å². The molecule has 0 unspecified atom stereocenters. The van der Waals surface area contributed by atoms with E-state index in [2.05, 4.69) is 37.3 Å². The van der Waals surface area contributed by atoms with E-state index in [0.29, 0.717) is 11.3 Å². The second-order valence-corrected chi connectivity index (χ2v) is 9.81. The first-order valence-corrected chi connectivity index (χ1v) is 12.4. The van der Waals surface area contributed by atoms with Gasteiger partial charge in [-0.2, -0.15) is 9.97 Å². The molecule has 3 heterocycles. The van der Waals surface area contributed by atoms with Crippen LogP contribution in [-0.2, 0) is 12.8 Å². The second kappa shape index (κ2) is 8.78. The molecule has 0 amide bonds. The highest BCUT2D eigenvalue weighted by Gasteiger charge is 2.29. The van der Waals surface area contributed by atoms with E-state index in [-0.39, 0.29) is 27.2 Å². The Labute approximate surface area is 211 Å². The Bertz CT molecular complexity index is 1500. The van der Waals surface area contributed by atoms with Gasteiger partial charge < -0.3 is 11.1 Å². The van der Waals surface area contributed by atoms with Crippen molar-refractivity contribution < 1.29 is 0 Å². The van der Waals surface area contributed by atoms with E-state index in [0.717, 1.165) is 37.7 Å². The average molecular weight is 508 g/mol. The van der Waals surface area contributed by atoms with Crippen LogP contribution in [0, 0.1) is 0 Å². The van der Waals surface area contributed by atoms with Crippen molar-refractivity contribution in [3.63, 3.8) is 0 Å². The zero-order valence-corrected chi connectivity index (χ0v) is 20.4. The van der Waals surface area contributed by atoms with Crippen LogP contribution in [0.1, 0.15) is 24.0 Å². The molecule has 4 aromatic rings. The summed E-state index contributed by atoms with van der Waals surface area (Å²) in [6.07, 6.45) is 6.31. The molecule has 0 radical (unpaired) electrons. The minimum Gasteiger partial charge on any atom is -0.384 e. The Kier molecular flexibility index (Phi) is 5.59. The van der Waals surface area contributed by atoms with Crippen LogP contribution in [0.5, 0.6) is 0 Å². The molecule has 0 saturated heterocycles. The molecule has 1 saturated carbocycles. The minimum absolute atomic E-state index is 0.117. The van der Waals surface area contributed by atoms with Gasteiger partial charge in [-0.05, 0) is 61.1 Å². The lowest BCUT2D eigenvalue weighted by Crippen LogP contribution is -2.28. The van der Waals surface area contributed by atoms with Crippen molar-refractivity contribution in [2.24, 2.45) is 0 Å². The van der Waals surface area contributed by atoms with Crippen LogP contribution >= 0.6 is 23.2 Å². The Hall–Kier alpha value is -3.20. The molecule has 0 spiro atoms. The van der Waals surface area contributed by atoms with Gasteiger partial charge in [0.15, 0.2) is 5.65 Å². The van der Waals surface area contributed by atoms with E-state index in [1.165, 1.54) is 28.5 Å². The Balaban J connectivity index is 1.30. The fourth-order valence-corrected chi connectivity index (χ4v) is 5.30. The number of para-hydroxylation sites is 1. The van der Waals surface area contributed by atoms with Crippen molar-refractivity contribution in [1.29, 1.82) is 0 Å². The van der Waals surface area contributed by atoms with Crippen molar-refractivity contribution in [3.05, 3.63) is 74.3 Å². The molecule has 1 fully saturated rings. The van der Waals surface area contributed by atoms with Crippen LogP contribution in [-0.4, -0.2) is 43.6 Å². The summed E-state index contributed by atoms with van der Waals surface area (Å²) in [5.74, 6) is 0.456. The molecule has 0 bridgehead atoms. The molecule has 2 aromatic heterocycles. The lowest BCUT2D eigenvalue weighted by atomic mass is 10.0. The maximum Gasteiger partial charge on any atom is 0.355 e. The van der Waals surface area contributed by atoms with Crippen molar-refractivity contribution in [1.82, 2.24) is 24.4 Å². The summed E-state index contributed by atoms with van der Waals surface area (Å²) in [6, 6.07) is 12.1. The van der Waals surface area contributed by atoms with Gasteiger partial charge >= 0.3 is 5.69 Å². The van der Waals surface area contributed by atoms with Crippen molar-refractivity contribution in [2.75, 3.05) is 24.1 Å². The lowest BCUT2D eigenvalue weighted by molar-refractivity contribution is 0.277. The maximum atomic E-state index is 12.9. The van der Waals surface area contributed by atoms with E-state index in [4.69, 9.17) is 28.9 Å². The molecule has 1 aliphatic heterocycles. The number of nitrogens with zero attached hydrogens (tertiary/aromatic N) is 5. The maximum absolute atomic E-state index is 12.9. The van der Waals surface area contributed by atoms with Crippen molar-refractivity contribution in [2.45, 2.75) is 31.7 Å². The SMILES string of the molecule is Nc1c2cnc(Nc3ccc4c(c3)CCN(C3CC3)CC4)nc2nc(=O)n1-c1c(Cl)cccc1Cl. The normalized spacial score (nSPS) is 16.2. The molecule has 6 rings (SSSR count). The van der Waals surface area contributed by atoms with Crippen LogP contribution in [0.15, 0.2) is 47.4 Å². The summed E-state index contributed by atoms with van der Waals surface area (Å²) in [6.45, 7) is 2.22. The molecule has 35 heavy (non-hydrogen) atoms. The average Bonchev–Trinajstić information content (AvgIpc) is 3.68. The van der Waals surface area contributed by atoms with E-state index >= 15 is 0 Å². The second-order valence-electron chi connectivity index (χ2n) is 8.99. The molecule has 1 aliphatic carbocycles. The quantitative estimate of drug-likeness (QED) is 0.422. The predicted octanol–water partition coefficient (Wildman–Crippen LogP) is 4.37. The number of hydrogen-bond donors (Lipinski definition) is 2. The van der Waals surface area contributed by atoms with Crippen molar-refractivity contribution in [3.8, 4) is 5.69 Å². The highest BCUT2D eigenvalue weighted by Crippen LogP contribution is 2.32. The number of nitrogens with two attached hydrogens (primary N) is 1.